The zero-order valence-electron chi connectivity index (χ0n) is 10.4. The molecule has 2 fully saturated rings. The van der Waals surface area contributed by atoms with Crippen molar-refractivity contribution >= 4 is 0 Å². The van der Waals surface area contributed by atoms with E-state index < -0.39 is 6.10 Å². The molecule has 1 saturated heterocycles. The van der Waals surface area contributed by atoms with E-state index in [4.69, 9.17) is 4.74 Å². The molecule has 1 aliphatic carbocycles. The number of hydrogen-bond acceptors (Lipinski definition) is 2. The second-order valence-electron chi connectivity index (χ2n) is 5.60. The Labute approximate surface area is 107 Å². The maximum absolute atomic E-state index is 13.7. The second kappa shape index (κ2) is 4.63. The summed E-state index contributed by atoms with van der Waals surface area (Å²) in [7, 11) is 0. The van der Waals surface area contributed by atoms with E-state index in [-0.39, 0.29) is 17.3 Å². The van der Waals surface area contributed by atoms with E-state index in [2.05, 4.69) is 0 Å². The van der Waals surface area contributed by atoms with Gasteiger partial charge in [0, 0.05) is 12.2 Å². The van der Waals surface area contributed by atoms with Gasteiger partial charge in [0.2, 0.25) is 0 Å². The van der Waals surface area contributed by atoms with Gasteiger partial charge in [0.15, 0.2) is 0 Å². The van der Waals surface area contributed by atoms with Gasteiger partial charge in [0.1, 0.15) is 5.82 Å². The van der Waals surface area contributed by atoms with Gasteiger partial charge in [0.05, 0.1) is 11.7 Å². The van der Waals surface area contributed by atoms with Crippen LogP contribution < -0.4 is 0 Å². The summed E-state index contributed by atoms with van der Waals surface area (Å²) in [4.78, 5) is 0. The molecule has 0 amide bonds. The Morgan fingerprint density at radius 1 is 1.33 bits per heavy atom. The van der Waals surface area contributed by atoms with Crippen molar-refractivity contribution in [1.29, 1.82) is 0 Å². The zero-order chi connectivity index (χ0) is 12.6. The summed E-state index contributed by atoms with van der Waals surface area (Å²) in [6.07, 6.45) is 4.37. The molecule has 0 radical (unpaired) electrons. The minimum Gasteiger partial charge on any atom is -0.388 e. The van der Waals surface area contributed by atoms with Crippen molar-refractivity contribution in [3.63, 3.8) is 0 Å². The van der Waals surface area contributed by atoms with Crippen LogP contribution in [0.5, 0.6) is 0 Å². The molecule has 0 aromatic heterocycles. The van der Waals surface area contributed by atoms with Crippen LogP contribution in [0.4, 0.5) is 4.39 Å². The van der Waals surface area contributed by atoms with E-state index in [1.807, 2.05) is 0 Å². The van der Waals surface area contributed by atoms with Crippen LogP contribution >= 0.6 is 0 Å². The molecular formula is C15H19FO2. The van der Waals surface area contributed by atoms with Gasteiger partial charge in [-0.25, -0.2) is 4.39 Å². The molecule has 1 saturated carbocycles. The summed E-state index contributed by atoms with van der Waals surface area (Å²) >= 11 is 0. The Hall–Kier alpha value is -0.930. The van der Waals surface area contributed by atoms with E-state index in [1.54, 1.807) is 18.2 Å². The molecule has 1 aromatic rings. The molecule has 2 nitrogen and oxygen atoms in total. The molecular weight excluding hydrogens is 231 g/mol. The molecule has 1 heterocycles. The van der Waals surface area contributed by atoms with Gasteiger partial charge in [0.25, 0.3) is 0 Å². The minimum atomic E-state index is -0.701. The summed E-state index contributed by atoms with van der Waals surface area (Å²) in [5.41, 5.74) is 0.425. The smallest absolute Gasteiger partial charge is 0.129 e. The fraction of sp³-hybridized carbons (Fsp3) is 0.600. The molecule has 1 N–H and O–H groups in total. The first-order valence-electron chi connectivity index (χ1n) is 6.77. The van der Waals surface area contributed by atoms with Crippen LogP contribution in [0.3, 0.4) is 0 Å². The first kappa shape index (κ1) is 12.1. The number of rotatable bonds is 2. The first-order chi connectivity index (χ1) is 8.70. The number of benzene rings is 1. The highest BCUT2D eigenvalue weighted by molar-refractivity contribution is 5.20. The van der Waals surface area contributed by atoms with Crippen molar-refractivity contribution in [3.8, 4) is 0 Å². The van der Waals surface area contributed by atoms with Crippen molar-refractivity contribution in [2.24, 2.45) is 5.92 Å². The summed E-state index contributed by atoms with van der Waals surface area (Å²) < 4.78 is 19.5. The number of halogens is 1. The highest BCUT2D eigenvalue weighted by Gasteiger charge is 2.44. The lowest BCUT2D eigenvalue weighted by molar-refractivity contribution is -0.157. The predicted octanol–water partition coefficient (Wildman–Crippen LogP) is 3.21. The van der Waals surface area contributed by atoms with E-state index >= 15 is 0 Å². The lowest BCUT2D eigenvalue weighted by Gasteiger charge is -2.48. The van der Waals surface area contributed by atoms with Crippen molar-refractivity contribution in [2.75, 3.05) is 6.61 Å². The van der Waals surface area contributed by atoms with Crippen molar-refractivity contribution < 1.29 is 14.2 Å². The third-order valence-electron chi connectivity index (χ3n) is 4.47. The number of hydrogen-bond donors (Lipinski definition) is 1. The van der Waals surface area contributed by atoms with Crippen LogP contribution in [0.2, 0.25) is 0 Å². The summed E-state index contributed by atoms with van der Waals surface area (Å²) in [5.74, 6) is -0.185. The highest BCUT2D eigenvalue weighted by atomic mass is 19.1. The second-order valence-corrected chi connectivity index (χ2v) is 5.60. The molecule has 1 spiro atoms. The standard InChI is InChI=1S/C15H19FO2/c16-13-5-2-1-4-12(13)14(17)11-6-9-18-15(10-11)7-3-8-15/h1-2,4-5,11,14,17H,3,6-10H2. The Morgan fingerprint density at radius 2 is 2.11 bits per heavy atom. The van der Waals surface area contributed by atoms with Crippen LogP contribution in [-0.2, 0) is 4.74 Å². The topological polar surface area (TPSA) is 29.5 Å². The van der Waals surface area contributed by atoms with Gasteiger partial charge in [-0.1, -0.05) is 18.2 Å². The molecule has 3 rings (SSSR count). The molecule has 2 aliphatic rings. The van der Waals surface area contributed by atoms with Gasteiger partial charge >= 0.3 is 0 Å². The molecule has 3 heteroatoms. The Bertz CT molecular complexity index is 428. The molecule has 1 aromatic carbocycles. The third-order valence-corrected chi connectivity index (χ3v) is 4.47. The van der Waals surface area contributed by atoms with Crippen molar-refractivity contribution in [1.82, 2.24) is 0 Å². The van der Waals surface area contributed by atoms with E-state index in [1.165, 1.54) is 12.5 Å². The lowest BCUT2D eigenvalue weighted by atomic mass is 9.70. The minimum absolute atomic E-state index is 0.00481. The molecule has 2 atom stereocenters. The third kappa shape index (κ3) is 2.06. The zero-order valence-corrected chi connectivity index (χ0v) is 10.4. The SMILES string of the molecule is OC(c1ccccc1F)C1CCOC2(CCC2)C1. The normalized spacial score (nSPS) is 27.8. The Kier molecular flexibility index (Phi) is 3.12. The lowest BCUT2D eigenvalue weighted by Crippen LogP contribution is -2.46. The monoisotopic (exact) mass is 250 g/mol. The van der Waals surface area contributed by atoms with Crippen molar-refractivity contribution in [2.45, 2.75) is 43.8 Å². The summed E-state index contributed by atoms with van der Waals surface area (Å²) in [6, 6.07) is 6.53. The quantitative estimate of drug-likeness (QED) is 0.873. The average Bonchev–Trinajstić information content (AvgIpc) is 2.37. The number of ether oxygens (including phenoxy) is 1. The van der Waals surface area contributed by atoms with Crippen LogP contribution in [0, 0.1) is 11.7 Å². The van der Waals surface area contributed by atoms with E-state index in [0.717, 1.165) is 25.7 Å². The summed E-state index contributed by atoms with van der Waals surface area (Å²) in [6.45, 7) is 0.691. The Balaban J connectivity index is 1.76. The molecule has 0 bridgehead atoms. The molecule has 18 heavy (non-hydrogen) atoms. The van der Waals surface area contributed by atoms with Crippen LogP contribution in [0.25, 0.3) is 0 Å². The van der Waals surface area contributed by atoms with Gasteiger partial charge in [-0.2, -0.15) is 0 Å². The highest BCUT2D eigenvalue weighted by Crippen LogP contribution is 2.47. The van der Waals surface area contributed by atoms with E-state index in [9.17, 15) is 9.50 Å². The predicted molar refractivity (Wildman–Crippen MR) is 66.6 cm³/mol. The van der Waals surface area contributed by atoms with Crippen LogP contribution in [-0.4, -0.2) is 17.3 Å². The van der Waals surface area contributed by atoms with Gasteiger partial charge < -0.3 is 9.84 Å². The number of aliphatic hydroxyl groups is 1. The van der Waals surface area contributed by atoms with Crippen LogP contribution in [0.15, 0.2) is 24.3 Å². The largest absolute Gasteiger partial charge is 0.388 e. The molecule has 98 valence electrons. The maximum atomic E-state index is 13.7. The van der Waals surface area contributed by atoms with E-state index in [0.29, 0.717) is 12.2 Å². The Morgan fingerprint density at radius 3 is 2.78 bits per heavy atom. The van der Waals surface area contributed by atoms with Gasteiger partial charge in [-0.15, -0.1) is 0 Å². The fourth-order valence-electron chi connectivity index (χ4n) is 3.22. The summed E-state index contributed by atoms with van der Waals surface area (Å²) in [5, 5.41) is 10.4. The van der Waals surface area contributed by atoms with Gasteiger partial charge in [-0.3, -0.25) is 0 Å². The average molecular weight is 250 g/mol. The van der Waals surface area contributed by atoms with Crippen LogP contribution in [0.1, 0.15) is 43.8 Å². The molecule has 1 aliphatic heterocycles. The van der Waals surface area contributed by atoms with Crippen molar-refractivity contribution in [3.05, 3.63) is 35.6 Å². The number of aliphatic hydroxyl groups excluding tert-OH is 1. The first-order valence-corrected chi connectivity index (χ1v) is 6.77. The fourth-order valence-corrected chi connectivity index (χ4v) is 3.22. The maximum Gasteiger partial charge on any atom is 0.129 e. The molecule has 2 unspecified atom stereocenters. The van der Waals surface area contributed by atoms with Gasteiger partial charge in [-0.05, 0) is 44.1 Å².